The normalized spacial score (nSPS) is 15.4. The molecule has 1 aromatic rings. The smallest absolute Gasteiger partial charge is 0.191 e. The van der Waals surface area contributed by atoms with Crippen LogP contribution >= 0.6 is 24.0 Å². The van der Waals surface area contributed by atoms with Crippen molar-refractivity contribution < 1.29 is 9.47 Å². The van der Waals surface area contributed by atoms with Crippen LogP contribution in [0.4, 0.5) is 0 Å². The molecule has 0 atom stereocenters. The first-order valence-corrected chi connectivity index (χ1v) is 10.2. The van der Waals surface area contributed by atoms with E-state index in [-0.39, 0.29) is 24.0 Å². The second-order valence-corrected chi connectivity index (χ2v) is 7.25. The van der Waals surface area contributed by atoms with E-state index in [0.717, 1.165) is 58.5 Å². The summed E-state index contributed by atoms with van der Waals surface area (Å²) in [6.45, 7) is 14.8. The summed E-state index contributed by atoms with van der Waals surface area (Å²) in [5.74, 6) is 1.40. The Morgan fingerprint density at radius 2 is 1.89 bits per heavy atom. The summed E-state index contributed by atoms with van der Waals surface area (Å²) >= 11 is 0. The van der Waals surface area contributed by atoms with Crippen LogP contribution in [0.2, 0.25) is 0 Å². The fourth-order valence-corrected chi connectivity index (χ4v) is 2.93. The van der Waals surface area contributed by atoms with E-state index in [0.29, 0.717) is 19.1 Å². The van der Waals surface area contributed by atoms with Gasteiger partial charge in [0, 0.05) is 39.3 Å². The molecule has 1 heterocycles. The molecule has 2 rings (SSSR count). The lowest BCUT2D eigenvalue weighted by atomic mass is 10.1. The maximum absolute atomic E-state index is 5.63. The molecule has 0 radical (unpaired) electrons. The third-order valence-electron chi connectivity index (χ3n) is 4.36. The van der Waals surface area contributed by atoms with Crippen molar-refractivity contribution in [1.29, 1.82) is 0 Å². The number of rotatable bonds is 10. The molecule has 1 saturated heterocycles. The monoisotopic (exact) mass is 504 g/mol. The number of nitrogens with one attached hydrogen (secondary N) is 2. The molecule has 1 aliphatic heterocycles. The molecule has 0 bridgehead atoms. The zero-order chi connectivity index (χ0) is 19.3. The van der Waals surface area contributed by atoms with Gasteiger partial charge in [0.25, 0.3) is 0 Å². The predicted molar refractivity (Wildman–Crippen MR) is 126 cm³/mol. The highest BCUT2D eigenvalue weighted by atomic mass is 127. The largest absolute Gasteiger partial charge is 0.379 e. The van der Waals surface area contributed by atoms with Gasteiger partial charge in [0.2, 0.25) is 0 Å². The number of ether oxygens (including phenoxy) is 2. The van der Waals surface area contributed by atoms with Gasteiger partial charge in [-0.1, -0.05) is 38.1 Å². The summed E-state index contributed by atoms with van der Waals surface area (Å²) in [4.78, 5) is 7.21. The first kappa shape index (κ1) is 25.1. The number of morpholine rings is 1. The van der Waals surface area contributed by atoms with Gasteiger partial charge in [-0.05, 0) is 24.0 Å². The standard InChI is InChI=1S/C21H36N4O2.HI/c1-4-22-21(23-9-12-27-17-18(2)3)24-15-19-7-5-6-8-20(19)16-25-10-13-26-14-11-25;/h5-8,18H,4,9-17H2,1-3H3,(H2,22,23,24);1H. The molecule has 1 aliphatic rings. The molecule has 0 aliphatic carbocycles. The molecule has 28 heavy (non-hydrogen) atoms. The van der Waals surface area contributed by atoms with Crippen molar-refractivity contribution in [3.05, 3.63) is 35.4 Å². The van der Waals surface area contributed by atoms with Crippen LogP contribution in [0.5, 0.6) is 0 Å². The number of hydrogen-bond acceptors (Lipinski definition) is 4. The molecule has 160 valence electrons. The molecule has 0 saturated carbocycles. The highest BCUT2D eigenvalue weighted by Gasteiger charge is 2.12. The average molecular weight is 504 g/mol. The Labute approximate surface area is 187 Å². The third kappa shape index (κ3) is 10.0. The van der Waals surface area contributed by atoms with Gasteiger partial charge in [-0.3, -0.25) is 4.90 Å². The lowest BCUT2D eigenvalue weighted by Gasteiger charge is -2.27. The lowest BCUT2D eigenvalue weighted by Crippen LogP contribution is -2.39. The lowest BCUT2D eigenvalue weighted by molar-refractivity contribution is 0.0341. The molecular formula is C21H37IN4O2. The van der Waals surface area contributed by atoms with Crippen molar-refractivity contribution in [3.8, 4) is 0 Å². The number of hydrogen-bond donors (Lipinski definition) is 2. The zero-order valence-corrected chi connectivity index (χ0v) is 19.9. The van der Waals surface area contributed by atoms with Gasteiger partial charge in [-0.25, -0.2) is 4.99 Å². The van der Waals surface area contributed by atoms with E-state index in [1.807, 2.05) is 0 Å². The Morgan fingerprint density at radius 3 is 2.57 bits per heavy atom. The SMILES string of the molecule is CCNC(=NCc1ccccc1CN1CCOCC1)NCCOCC(C)C.I. The van der Waals surface area contributed by atoms with Crippen LogP contribution in [-0.2, 0) is 22.6 Å². The van der Waals surface area contributed by atoms with Crippen LogP contribution in [0.3, 0.4) is 0 Å². The van der Waals surface area contributed by atoms with E-state index in [4.69, 9.17) is 14.5 Å². The third-order valence-corrected chi connectivity index (χ3v) is 4.36. The Bertz CT molecular complexity index is 563. The molecule has 0 spiro atoms. The molecule has 0 amide bonds. The molecule has 1 fully saturated rings. The van der Waals surface area contributed by atoms with Crippen molar-refractivity contribution in [2.24, 2.45) is 10.9 Å². The van der Waals surface area contributed by atoms with Gasteiger partial charge in [-0.2, -0.15) is 0 Å². The van der Waals surface area contributed by atoms with Crippen LogP contribution < -0.4 is 10.6 Å². The molecule has 6 nitrogen and oxygen atoms in total. The van der Waals surface area contributed by atoms with Crippen LogP contribution in [0.15, 0.2) is 29.3 Å². The molecule has 0 aromatic heterocycles. The van der Waals surface area contributed by atoms with Gasteiger partial charge in [0.05, 0.1) is 26.4 Å². The molecule has 1 aromatic carbocycles. The van der Waals surface area contributed by atoms with Crippen molar-refractivity contribution in [3.63, 3.8) is 0 Å². The van der Waals surface area contributed by atoms with E-state index in [1.165, 1.54) is 11.1 Å². The van der Waals surface area contributed by atoms with E-state index >= 15 is 0 Å². The minimum absolute atomic E-state index is 0. The Hall–Kier alpha value is -0.900. The quantitative estimate of drug-likeness (QED) is 0.222. The molecule has 2 N–H and O–H groups in total. The highest BCUT2D eigenvalue weighted by molar-refractivity contribution is 14.0. The van der Waals surface area contributed by atoms with Crippen molar-refractivity contribution in [1.82, 2.24) is 15.5 Å². The number of aliphatic imine (C=N–C) groups is 1. The minimum Gasteiger partial charge on any atom is -0.379 e. The summed E-state index contributed by atoms with van der Waals surface area (Å²) in [5, 5.41) is 6.66. The number of benzene rings is 1. The molecular weight excluding hydrogens is 467 g/mol. The van der Waals surface area contributed by atoms with Crippen molar-refractivity contribution in [2.45, 2.75) is 33.9 Å². The Kier molecular flexibility index (Phi) is 13.5. The van der Waals surface area contributed by atoms with Gasteiger partial charge < -0.3 is 20.1 Å². The van der Waals surface area contributed by atoms with E-state index < -0.39 is 0 Å². The van der Waals surface area contributed by atoms with Gasteiger partial charge in [0.1, 0.15) is 0 Å². The summed E-state index contributed by atoms with van der Waals surface area (Å²) in [6.07, 6.45) is 0. The fraction of sp³-hybridized carbons (Fsp3) is 0.667. The second kappa shape index (κ2) is 15.0. The van der Waals surface area contributed by atoms with Crippen LogP contribution in [-0.4, -0.2) is 63.5 Å². The van der Waals surface area contributed by atoms with Gasteiger partial charge in [-0.15, -0.1) is 24.0 Å². The predicted octanol–water partition coefficient (Wildman–Crippen LogP) is 2.86. The van der Waals surface area contributed by atoms with E-state index in [1.54, 1.807) is 0 Å². The average Bonchev–Trinajstić information content (AvgIpc) is 2.67. The summed E-state index contributed by atoms with van der Waals surface area (Å²) < 4.78 is 11.1. The van der Waals surface area contributed by atoms with Crippen LogP contribution in [0.25, 0.3) is 0 Å². The summed E-state index contributed by atoms with van der Waals surface area (Å²) in [5.41, 5.74) is 2.62. The number of guanidine groups is 1. The zero-order valence-electron chi connectivity index (χ0n) is 17.6. The van der Waals surface area contributed by atoms with E-state index in [9.17, 15) is 0 Å². The van der Waals surface area contributed by atoms with E-state index in [2.05, 4.69) is 60.6 Å². The minimum atomic E-state index is 0. The Morgan fingerprint density at radius 1 is 1.18 bits per heavy atom. The molecule has 7 heteroatoms. The first-order chi connectivity index (χ1) is 13.2. The maximum atomic E-state index is 5.63. The number of nitrogens with zero attached hydrogens (tertiary/aromatic N) is 2. The van der Waals surface area contributed by atoms with Crippen LogP contribution in [0.1, 0.15) is 31.9 Å². The fourth-order valence-electron chi connectivity index (χ4n) is 2.93. The second-order valence-electron chi connectivity index (χ2n) is 7.25. The van der Waals surface area contributed by atoms with Crippen LogP contribution in [0, 0.1) is 5.92 Å². The highest BCUT2D eigenvalue weighted by Crippen LogP contribution is 2.14. The van der Waals surface area contributed by atoms with Crippen molar-refractivity contribution >= 4 is 29.9 Å². The summed E-state index contributed by atoms with van der Waals surface area (Å²) in [6, 6.07) is 8.58. The van der Waals surface area contributed by atoms with Crippen molar-refractivity contribution in [2.75, 3.05) is 52.6 Å². The maximum Gasteiger partial charge on any atom is 0.191 e. The Balaban J connectivity index is 0.00000392. The topological polar surface area (TPSA) is 58.1 Å². The van der Waals surface area contributed by atoms with Gasteiger partial charge >= 0.3 is 0 Å². The molecule has 0 unspecified atom stereocenters. The number of halogens is 1. The van der Waals surface area contributed by atoms with Gasteiger partial charge in [0.15, 0.2) is 5.96 Å². The first-order valence-electron chi connectivity index (χ1n) is 10.2. The summed E-state index contributed by atoms with van der Waals surface area (Å²) in [7, 11) is 0.